The van der Waals surface area contributed by atoms with E-state index in [9.17, 15) is 14.3 Å². The Kier molecular flexibility index (Phi) is 7.03. The fourth-order valence-corrected chi connectivity index (χ4v) is 4.28. The van der Waals surface area contributed by atoms with Crippen molar-refractivity contribution in [3.63, 3.8) is 0 Å². The molecule has 0 radical (unpaired) electrons. The van der Waals surface area contributed by atoms with Gasteiger partial charge in [-0.05, 0) is 62.4 Å². The van der Waals surface area contributed by atoms with Crippen molar-refractivity contribution in [2.45, 2.75) is 38.5 Å². The van der Waals surface area contributed by atoms with Crippen molar-refractivity contribution >= 4 is 5.91 Å². The maximum atomic E-state index is 12.9. The number of aryl methyl sites for hydroxylation is 1. The summed E-state index contributed by atoms with van der Waals surface area (Å²) in [5.74, 6) is 0.556. The number of aliphatic hydroxyl groups excluding tert-OH is 1. The monoisotopic (exact) mass is 362 g/mol. The molecule has 2 heterocycles. The van der Waals surface area contributed by atoms with Gasteiger partial charge in [-0.3, -0.25) is 4.79 Å². The number of likely N-dealkylation sites (tertiary alicyclic amines) is 2. The molecule has 3 rings (SSSR count). The van der Waals surface area contributed by atoms with Gasteiger partial charge in [0.15, 0.2) is 0 Å². The fourth-order valence-electron chi connectivity index (χ4n) is 4.28. The molecule has 0 aromatic heterocycles. The summed E-state index contributed by atoms with van der Waals surface area (Å²) in [6, 6.07) is 6.50. The Balaban J connectivity index is 1.44. The molecule has 144 valence electrons. The Bertz CT molecular complexity index is 572. The number of hydrogen-bond donors (Lipinski definition) is 1. The van der Waals surface area contributed by atoms with Crippen LogP contribution in [0.15, 0.2) is 24.3 Å². The number of rotatable bonds is 7. The van der Waals surface area contributed by atoms with Gasteiger partial charge < -0.3 is 14.9 Å². The maximum Gasteiger partial charge on any atom is 0.222 e. The predicted octanol–water partition coefficient (Wildman–Crippen LogP) is 2.70. The zero-order chi connectivity index (χ0) is 18.4. The summed E-state index contributed by atoms with van der Waals surface area (Å²) in [6.07, 6.45) is 5.95. The highest BCUT2D eigenvalue weighted by Crippen LogP contribution is 2.26. The van der Waals surface area contributed by atoms with Gasteiger partial charge in [0, 0.05) is 38.6 Å². The summed E-state index contributed by atoms with van der Waals surface area (Å²) in [5, 5.41) is 9.73. The normalized spacial score (nSPS) is 24.2. The maximum absolute atomic E-state index is 12.9. The number of carbonyl (C=O) groups excluding carboxylic acids is 1. The van der Waals surface area contributed by atoms with Crippen LogP contribution in [0, 0.1) is 17.7 Å². The van der Waals surface area contributed by atoms with Gasteiger partial charge in [-0.25, -0.2) is 4.39 Å². The number of amides is 1. The molecule has 26 heavy (non-hydrogen) atoms. The molecular weight excluding hydrogens is 331 g/mol. The van der Waals surface area contributed by atoms with Gasteiger partial charge in [0.2, 0.25) is 5.91 Å². The standard InChI is InChI=1S/C21H31FN2O2/c22-20-9-7-17(8-10-20)5-4-6-21(26)24-14-18(19(15-24)16-25)13-23-11-2-1-3-12-23/h7-10,18-19,25H,1-6,11-16H2/t18-,19-/m0/s1. The smallest absolute Gasteiger partial charge is 0.222 e. The van der Waals surface area contributed by atoms with Crippen LogP contribution in [0.3, 0.4) is 0 Å². The third kappa shape index (κ3) is 5.27. The summed E-state index contributed by atoms with van der Waals surface area (Å²) in [6.45, 7) is 4.93. The number of halogens is 1. The molecule has 1 aromatic carbocycles. The van der Waals surface area contributed by atoms with Gasteiger partial charge in [0.25, 0.3) is 0 Å². The quantitative estimate of drug-likeness (QED) is 0.811. The highest BCUT2D eigenvalue weighted by molar-refractivity contribution is 5.76. The van der Waals surface area contributed by atoms with Crippen molar-refractivity contribution in [1.29, 1.82) is 0 Å². The molecule has 0 aliphatic carbocycles. The lowest BCUT2D eigenvalue weighted by Gasteiger charge is -2.30. The van der Waals surface area contributed by atoms with E-state index in [1.165, 1.54) is 31.4 Å². The first-order valence-corrected chi connectivity index (χ1v) is 10.0. The number of carbonyl (C=O) groups is 1. The van der Waals surface area contributed by atoms with Crippen LogP contribution in [0.4, 0.5) is 4.39 Å². The average Bonchev–Trinajstić information content (AvgIpc) is 3.07. The summed E-state index contributed by atoms with van der Waals surface area (Å²) >= 11 is 0. The van der Waals surface area contributed by atoms with E-state index in [1.54, 1.807) is 12.1 Å². The molecule has 2 aliphatic rings. The van der Waals surface area contributed by atoms with Crippen molar-refractivity contribution in [3.8, 4) is 0 Å². The number of aliphatic hydroxyl groups is 1. The van der Waals surface area contributed by atoms with Crippen molar-refractivity contribution < 1.29 is 14.3 Å². The molecule has 0 saturated carbocycles. The Hall–Kier alpha value is -1.46. The van der Waals surface area contributed by atoms with E-state index in [0.717, 1.165) is 44.6 Å². The lowest BCUT2D eigenvalue weighted by molar-refractivity contribution is -0.130. The Morgan fingerprint density at radius 1 is 1.08 bits per heavy atom. The summed E-state index contributed by atoms with van der Waals surface area (Å²) in [5.41, 5.74) is 1.07. The first kappa shape index (κ1) is 19.3. The summed E-state index contributed by atoms with van der Waals surface area (Å²) in [7, 11) is 0. The molecule has 5 heteroatoms. The molecule has 1 N–H and O–H groups in total. The first-order chi connectivity index (χ1) is 12.7. The molecule has 2 saturated heterocycles. The van der Waals surface area contributed by atoms with Gasteiger partial charge in [0.1, 0.15) is 5.82 Å². The van der Waals surface area contributed by atoms with Crippen LogP contribution in [0.1, 0.15) is 37.7 Å². The second kappa shape index (κ2) is 9.47. The third-order valence-electron chi connectivity index (χ3n) is 5.87. The van der Waals surface area contributed by atoms with Crippen LogP contribution in [0.5, 0.6) is 0 Å². The summed E-state index contributed by atoms with van der Waals surface area (Å²) < 4.78 is 12.9. The highest BCUT2D eigenvalue weighted by Gasteiger charge is 2.35. The number of benzene rings is 1. The highest BCUT2D eigenvalue weighted by atomic mass is 19.1. The summed E-state index contributed by atoms with van der Waals surface area (Å²) in [4.78, 5) is 17.0. The number of piperidine rings is 1. The number of nitrogens with zero attached hydrogens (tertiary/aromatic N) is 2. The van der Waals surface area contributed by atoms with E-state index in [-0.39, 0.29) is 24.2 Å². The van der Waals surface area contributed by atoms with Crippen molar-refractivity contribution in [1.82, 2.24) is 9.80 Å². The molecule has 1 aromatic rings. The molecular formula is C21H31FN2O2. The Labute approximate surface area is 156 Å². The van der Waals surface area contributed by atoms with E-state index in [1.807, 2.05) is 4.90 Å². The SMILES string of the molecule is O=C(CCCc1ccc(F)cc1)N1C[C@@H](CO)[C@@H](CN2CCCCC2)C1. The molecule has 0 unspecified atom stereocenters. The molecule has 2 atom stereocenters. The Morgan fingerprint density at radius 2 is 1.77 bits per heavy atom. The van der Waals surface area contributed by atoms with Gasteiger partial charge in [-0.1, -0.05) is 18.6 Å². The third-order valence-corrected chi connectivity index (χ3v) is 5.87. The van der Waals surface area contributed by atoms with Crippen molar-refractivity contribution in [3.05, 3.63) is 35.6 Å². The van der Waals surface area contributed by atoms with Crippen LogP contribution in [-0.4, -0.2) is 60.1 Å². The lowest BCUT2D eigenvalue weighted by Crippen LogP contribution is -2.37. The van der Waals surface area contributed by atoms with E-state index in [0.29, 0.717) is 18.9 Å². The Morgan fingerprint density at radius 3 is 2.46 bits per heavy atom. The van der Waals surface area contributed by atoms with Crippen LogP contribution in [0.2, 0.25) is 0 Å². The van der Waals surface area contributed by atoms with Gasteiger partial charge in [0.05, 0.1) is 0 Å². The van der Waals surface area contributed by atoms with Crippen molar-refractivity contribution in [2.75, 3.05) is 39.3 Å². The molecule has 4 nitrogen and oxygen atoms in total. The number of hydrogen-bond acceptors (Lipinski definition) is 3. The molecule has 0 spiro atoms. The van der Waals surface area contributed by atoms with Crippen LogP contribution >= 0.6 is 0 Å². The zero-order valence-electron chi connectivity index (χ0n) is 15.6. The van der Waals surface area contributed by atoms with Crippen LogP contribution in [0.25, 0.3) is 0 Å². The predicted molar refractivity (Wildman–Crippen MR) is 100 cm³/mol. The van der Waals surface area contributed by atoms with Gasteiger partial charge in [-0.2, -0.15) is 0 Å². The van der Waals surface area contributed by atoms with Crippen LogP contribution in [-0.2, 0) is 11.2 Å². The lowest BCUT2D eigenvalue weighted by atomic mass is 9.95. The van der Waals surface area contributed by atoms with E-state index in [2.05, 4.69) is 4.90 Å². The minimum absolute atomic E-state index is 0.165. The molecule has 2 aliphatic heterocycles. The minimum Gasteiger partial charge on any atom is -0.396 e. The largest absolute Gasteiger partial charge is 0.396 e. The first-order valence-electron chi connectivity index (χ1n) is 10.0. The molecule has 0 bridgehead atoms. The van der Waals surface area contributed by atoms with E-state index in [4.69, 9.17) is 0 Å². The second-order valence-corrected chi connectivity index (χ2v) is 7.84. The zero-order valence-corrected chi connectivity index (χ0v) is 15.6. The van der Waals surface area contributed by atoms with Gasteiger partial charge >= 0.3 is 0 Å². The topological polar surface area (TPSA) is 43.8 Å². The molecule has 2 fully saturated rings. The van der Waals surface area contributed by atoms with Gasteiger partial charge in [-0.15, -0.1) is 0 Å². The minimum atomic E-state index is -0.225. The molecule has 1 amide bonds. The average molecular weight is 362 g/mol. The van der Waals surface area contributed by atoms with E-state index >= 15 is 0 Å². The van der Waals surface area contributed by atoms with Crippen LogP contribution < -0.4 is 0 Å². The fraction of sp³-hybridized carbons (Fsp3) is 0.667. The second-order valence-electron chi connectivity index (χ2n) is 7.84. The van der Waals surface area contributed by atoms with Crippen molar-refractivity contribution in [2.24, 2.45) is 11.8 Å². The van der Waals surface area contributed by atoms with E-state index < -0.39 is 0 Å².